The molecule has 1 amide bonds. The summed E-state index contributed by atoms with van der Waals surface area (Å²) in [5.74, 6) is -1.73. The van der Waals surface area contributed by atoms with Gasteiger partial charge in [0.25, 0.3) is 5.91 Å². The monoisotopic (exact) mass is 248 g/mol. The second kappa shape index (κ2) is 4.91. The molecule has 0 aliphatic carbocycles. The molecule has 0 aliphatic rings. The molecule has 0 bridgehead atoms. The zero-order valence-corrected chi connectivity index (χ0v) is 9.58. The zero-order valence-electron chi connectivity index (χ0n) is 9.58. The Balaban J connectivity index is 2.24. The molecule has 0 aliphatic heterocycles. The molecule has 0 spiro atoms. The first-order valence-electron chi connectivity index (χ1n) is 5.27. The third kappa shape index (κ3) is 2.51. The van der Waals surface area contributed by atoms with E-state index in [4.69, 9.17) is 0 Å². The molecule has 0 radical (unpaired) electrons. The maximum atomic E-state index is 13.3. The van der Waals surface area contributed by atoms with Gasteiger partial charge in [-0.3, -0.25) is 4.79 Å². The van der Waals surface area contributed by atoms with E-state index in [9.17, 15) is 13.6 Å². The van der Waals surface area contributed by atoms with Gasteiger partial charge < -0.3 is 5.32 Å². The van der Waals surface area contributed by atoms with E-state index in [2.05, 4.69) is 10.3 Å². The van der Waals surface area contributed by atoms with Crippen LogP contribution in [0.4, 0.5) is 14.5 Å². The van der Waals surface area contributed by atoms with Gasteiger partial charge in [0, 0.05) is 11.3 Å². The molecule has 1 N–H and O–H groups in total. The molecule has 0 saturated heterocycles. The number of amides is 1. The lowest BCUT2D eigenvalue weighted by molar-refractivity contribution is 0.102. The van der Waals surface area contributed by atoms with Crippen LogP contribution in [0.1, 0.15) is 16.1 Å². The summed E-state index contributed by atoms with van der Waals surface area (Å²) >= 11 is 0. The van der Waals surface area contributed by atoms with Crippen LogP contribution in [-0.2, 0) is 0 Å². The van der Waals surface area contributed by atoms with Crippen LogP contribution in [0, 0.1) is 18.7 Å². The quantitative estimate of drug-likeness (QED) is 0.830. The predicted molar refractivity (Wildman–Crippen MR) is 63.3 cm³/mol. The molecule has 0 saturated carbocycles. The van der Waals surface area contributed by atoms with Gasteiger partial charge in [0.05, 0.1) is 0 Å². The highest BCUT2D eigenvalue weighted by atomic mass is 19.1. The van der Waals surface area contributed by atoms with E-state index in [0.717, 1.165) is 6.07 Å². The lowest BCUT2D eigenvalue weighted by Crippen LogP contribution is -2.15. The standard InChI is InChI=1S/C13H10F2N2O/c1-8-9(14)4-2-5-10(8)17-13(18)11-6-3-7-12(15)16-11/h2-7H,1H3,(H,17,18). The lowest BCUT2D eigenvalue weighted by atomic mass is 10.2. The summed E-state index contributed by atoms with van der Waals surface area (Å²) in [6, 6.07) is 8.25. The maximum absolute atomic E-state index is 13.3. The summed E-state index contributed by atoms with van der Waals surface area (Å²) in [6.45, 7) is 1.55. The van der Waals surface area contributed by atoms with Gasteiger partial charge in [-0.15, -0.1) is 0 Å². The predicted octanol–water partition coefficient (Wildman–Crippen LogP) is 2.92. The number of halogens is 2. The number of nitrogens with zero attached hydrogens (tertiary/aromatic N) is 1. The highest BCUT2D eigenvalue weighted by molar-refractivity contribution is 6.03. The average Bonchev–Trinajstić information content (AvgIpc) is 2.35. The first-order chi connectivity index (χ1) is 8.58. The number of anilines is 1. The van der Waals surface area contributed by atoms with Crippen molar-refractivity contribution in [2.45, 2.75) is 6.92 Å². The van der Waals surface area contributed by atoms with Crippen LogP contribution in [0.5, 0.6) is 0 Å². The topological polar surface area (TPSA) is 42.0 Å². The van der Waals surface area contributed by atoms with Crippen molar-refractivity contribution in [3.63, 3.8) is 0 Å². The van der Waals surface area contributed by atoms with Gasteiger partial charge in [0.2, 0.25) is 5.95 Å². The number of carbonyl (C=O) groups excluding carboxylic acids is 1. The molecule has 0 unspecified atom stereocenters. The van der Waals surface area contributed by atoms with E-state index in [1.54, 1.807) is 13.0 Å². The highest BCUT2D eigenvalue weighted by Gasteiger charge is 2.11. The van der Waals surface area contributed by atoms with Gasteiger partial charge in [-0.25, -0.2) is 9.37 Å². The first kappa shape index (κ1) is 12.2. The van der Waals surface area contributed by atoms with Crippen LogP contribution < -0.4 is 5.32 Å². The third-order valence-electron chi connectivity index (χ3n) is 2.46. The Bertz CT molecular complexity index is 599. The number of hydrogen-bond donors (Lipinski definition) is 1. The van der Waals surface area contributed by atoms with E-state index in [0.29, 0.717) is 11.3 Å². The van der Waals surface area contributed by atoms with Crippen molar-refractivity contribution in [2.24, 2.45) is 0 Å². The molecule has 0 atom stereocenters. The number of pyridine rings is 1. The smallest absolute Gasteiger partial charge is 0.274 e. The van der Waals surface area contributed by atoms with E-state index in [-0.39, 0.29) is 5.69 Å². The van der Waals surface area contributed by atoms with E-state index in [1.165, 1.54) is 24.3 Å². The molecular weight excluding hydrogens is 238 g/mol. The Morgan fingerprint density at radius 3 is 2.61 bits per heavy atom. The van der Waals surface area contributed by atoms with Crippen LogP contribution in [0.15, 0.2) is 36.4 Å². The molecule has 2 rings (SSSR count). The molecule has 0 fully saturated rings. The van der Waals surface area contributed by atoms with Gasteiger partial charge in [-0.05, 0) is 31.2 Å². The summed E-state index contributed by atoms with van der Waals surface area (Å²) in [7, 11) is 0. The average molecular weight is 248 g/mol. The van der Waals surface area contributed by atoms with Crippen LogP contribution in [0.25, 0.3) is 0 Å². The second-order valence-corrected chi connectivity index (χ2v) is 3.71. The molecule has 18 heavy (non-hydrogen) atoms. The number of hydrogen-bond acceptors (Lipinski definition) is 2. The number of rotatable bonds is 2. The van der Waals surface area contributed by atoms with Crippen molar-refractivity contribution in [2.75, 3.05) is 5.32 Å². The van der Waals surface area contributed by atoms with E-state index < -0.39 is 17.7 Å². The fourth-order valence-corrected chi connectivity index (χ4v) is 1.46. The minimum absolute atomic E-state index is 0.0568. The molecule has 1 aromatic heterocycles. The Hall–Kier alpha value is -2.30. The van der Waals surface area contributed by atoms with Gasteiger partial charge in [0.15, 0.2) is 0 Å². The van der Waals surface area contributed by atoms with Gasteiger partial charge >= 0.3 is 0 Å². The summed E-state index contributed by atoms with van der Waals surface area (Å²) in [5.41, 5.74) is 0.604. The van der Waals surface area contributed by atoms with Crippen LogP contribution in [0.2, 0.25) is 0 Å². The molecule has 1 aromatic carbocycles. The van der Waals surface area contributed by atoms with Crippen LogP contribution >= 0.6 is 0 Å². The summed E-state index contributed by atoms with van der Waals surface area (Å²) in [4.78, 5) is 15.2. The van der Waals surface area contributed by atoms with E-state index >= 15 is 0 Å². The zero-order chi connectivity index (χ0) is 13.1. The molecular formula is C13H10F2N2O. The minimum atomic E-state index is -0.737. The van der Waals surface area contributed by atoms with Crippen LogP contribution in [0.3, 0.4) is 0 Å². The molecule has 2 aromatic rings. The Morgan fingerprint density at radius 2 is 1.89 bits per heavy atom. The Labute approximate surface area is 102 Å². The maximum Gasteiger partial charge on any atom is 0.274 e. The summed E-state index contributed by atoms with van der Waals surface area (Å²) < 4.78 is 26.1. The molecule has 1 heterocycles. The number of benzene rings is 1. The summed E-state index contributed by atoms with van der Waals surface area (Å²) in [5, 5.41) is 2.49. The largest absolute Gasteiger partial charge is 0.320 e. The van der Waals surface area contributed by atoms with Gasteiger partial charge in [-0.2, -0.15) is 4.39 Å². The van der Waals surface area contributed by atoms with Gasteiger partial charge in [0.1, 0.15) is 11.5 Å². The van der Waals surface area contributed by atoms with Crippen molar-refractivity contribution < 1.29 is 13.6 Å². The summed E-state index contributed by atoms with van der Waals surface area (Å²) in [6.07, 6.45) is 0. The van der Waals surface area contributed by atoms with Crippen molar-refractivity contribution in [1.29, 1.82) is 0 Å². The number of carbonyl (C=O) groups is 1. The molecule has 3 nitrogen and oxygen atoms in total. The van der Waals surface area contributed by atoms with Crippen molar-refractivity contribution in [3.05, 3.63) is 59.4 Å². The Kier molecular flexibility index (Phi) is 3.32. The van der Waals surface area contributed by atoms with Crippen LogP contribution in [-0.4, -0.2) is 10.9 Å². The lowest BCUT2D eigenvalue weighted by Gasteiger charge is -2.08. The SMILES string of the molecule is Cc1c(F)cccc1NC(=O)c1cccc(F)n1. The van der Waals surface area contributed by atoms with Crippen molar-refractivity contribution in [1.82, 2.24) is 4.98 Å². The minimum Gasteiger partial charge on any atom is -0.320 e. The molecule has 5 heteroatoms. The van der Waals surface area contributed by atoms with E-state index in [1.807, 2.05) is 0 Å². The van der Waals surface area contributed by atoms with Gasteiger partial charge in [-0.1, -0.05) is 12.1 Å². The Morgan fingerprint density at radius 1 is 1.17 bits per heavy atom. The van der Waals surface area contributed by atoms with Crippen molar-refractivity contribution >= 4 is 11.6 Å². The number of nitrogens with one attached hydrogen (secondary N) is 1. The first-order valence-corrected chi connectivity index (χ1v) is 5.27. The normalized spacial score (nSPS) is 10.2. The van der Waals surface area contributed by atoms with Crippen molar-refractivity contribution in [3.8, 4) is 0 Å². The fraction of sp³-hybridized carbons (Fsp3) is 0.0769. The fourth-order valence-electron chi connectivity index (χ4n) is 1.46. The second-order valence-electron chi connectivity index (χ2n) is 3.71. The molecule has 92 valence electrons. The highest BCUT2D eigenvalue weighted by Crippen LogP contribution is 2.18. The third-order valence-corrected chi connectivity index (χ3v) is 2.46. The number of aromatic nitrogens is 1.